The van der Waals surface area contributed by atoms with Crippen LogP contribution in [0, 0.1) is 0 Å². The number of hydrogen-bond acceptors (Lipinski definition) is 1. The Balaban J connectivity index is 6.84. The highest BCUT2D eigenvalue weighted by atomic mass is 32.1. The van der Waals surface area contributed by atoms with E-state index in [0.29, 0.717) is 0 Å². The Morgan fingerprint density at radius 3 is 0.839 bits per heavy atom. The van der Waals surface area contributed by atoms with Crippen LogP contribution < -0.4 is 0 Å². The molecule has 0 aromatic rings. The van der Waals surface area contributed by atoms with Gasteiger partial charge >= 0.3 is 52.9 Å². The van der Waals surface area contributed by atoms with Gasteiger partial charge in [-0.1, -0.05) is 0 Å². The zero-order chi connectivity index (χ0) is 26.1. The molecule has 0 bridgehead atoms. The minimum atomic E-state index is -8.96. The van der Waals surface area contributed by atoms with Gasteiger partial charge in [0.05, 0.1) is 0 Å². The first kappa shape index (κ1) is 29.9. The third kappa shape index (κ3) is 3.84. The lowest BCUT2D eigenvalue weighted by Gasteiger charge is -2.43. The molecule has 0 aliphatic heterocycles. The fourth-order valence-corrected chi connectivity index (χ4v) is 1.72. The van der Waals surface area contributed by atoms with Crippen molar-refractivity contribution in [2.75, 3.05) is 0 Å². The molecule has 0 fully saturated rings. The van der Waals surface area contributed by atoms with Gasteiger partial charge in [0.15, 0.2) is 0 Å². The lowest BCUT2D eigenvalue weighted by molar-refractivity contribution is -0.464. The molecule has 188 valence electrons. The third-order valence-electron chi connectivity index (χ3n) is 3.37. The second kappa shape index (κ2) is 7.22. The van der Waals surface area contributed by atoms with Gasteiger partial charge in [0, 0.05) is 0 Å². The normalized spacial score (nSPS) is 17.7. The van der Waals surface area contributed by atoms with Gasteiger partial charge < -0.3 is 0 Å². The standard InChI is InChI=1S/C10H2F20S/c11-1(3(14,15)31)2(12,13)4(16,17)5(18,19)6(20,21)7(22,23)8(24,25)9(26,27)10(28,29)30/h1,31H. The molecular formula is C10H2F20S. The van der Waals surface area contributed by atoms with Crippen molar-refractivity contribution in [3.8, 4) is 0 Å². The maximum absolute atomic E-state index is 13.2. The molecule has 0 N–H and O–H groups in total. The van der Waals surface area contributed by atoms with Gasteiger partial charge in [-0.3, -0.25) is 0 Å². The molecule has 0 aliphatic carbocycles. The van der Waals surface area contributed by atoms with E-state index in [0.717, 1.165) is 0 Å². The van der Waals surface area contributed by atoms with Crippen LogP contribution in [0.4, 0.5) is 87.8 Å². The van der Waals surface area contributed by atoms with Gasteiger partial charge in [0.25, 0.3) is 0 Å². The summed E-state index contributed by atoms with van der Waals surface area (Å²) in [6.45, 7) is 0. The Kier molecular flexibility index (Phi) is 6.98. The van der Waals surface area contributed by atoms with Gasteiger partial charge in [-0.2, -0.15) is 83.4 Å². The molecule has 0 spiro atoms. The Morgan fingerprint density at radius 1 is 0.387 bits per heavy atom. The molecule has 0 saturated heterocycles. The molecule has 1 atom stereocenters. The monoisotopic (exact) mass is 534 g/mol. The van der Waals surface area contributed by atoms with E-state index in [1.807, 2.05) is 0 Å². The summed E-state index contributed by atoms with van der Waals surface area (Å²) in [5.41, 5.74) is 0. The molecule has 0 aromatic heterocycles. The quantitative estimate of drug-likeness (QED) is 0.256. The van der Waals surface area contributed by atoms with Crippen LogP contribution in [0.2, 0.25) is 0 Å². The van der Waals surface area contributed by atoms with Crippen LogP contribution in [0.3, 0.4) is 0 Å². The second-order valence-electron chi connectivity index (χ2n) is 5.52. The minimum Gasteiger partial charge on any atom is -0.233 e. The fraction of sp³-hybridized carbons (Fsp3) is 1.00. The summed E-state index contributed by atoms with van der Waals surface area (Å²) < 4.78 is 254. The van der Waals surface area contributed by atoms with Gasteiger partial charge in [-0.25, -0.2) is 4.39 Å². The lowest BCUT2D eigenvalue weighted by Crippen LogP contribution is -2.75. The summed E-state index contributed by atoms with van der Waals surface area (Å²) >= 11 is 1.57. The van der Waals surface area contributed by atoms with E-state index in [-0.39, 0.29) is 0 Å². The molecule has 0 aromatic carbocycles. The number of rotatable bonds is 8. The molecule has 21 heteroatoms. The van der Waals surface area contributed by atoms with E-state index in [4.69, 9.17) is 0 Å². The number of alkyl halides is 20. The van der Waals surface area contributed by atoms with Crippen molar-refractivity contribution < 1.29 is 87.8 Å². The van der Waals surface area contributed by atoms with Crippen LogP contribution in [-0.4, -0.2) is 59.1 Å². The van der Waals surface area contributed by atoms with Crippen molar-refractivity contribution in [3.05, 3.63) is 0 Å². The highest BCUT2D eigenvalue weighted by molar-refractivity contribution is 7.81. The maximum atomic E-state index is 13.2. The van der Waals surface area contributed by atoms with Gasteiger partial charge in [0.1, 0.15) is 0 Å². The number of halogens is 20. The SMILES string of the molecule is FC(C(F)(F)S)C(F)(F)C(F)(F)C(F)(F)C(F)(F)C(F)(F)C(F)(F)C(F)(F)C(F)(F)F. The first-order valence-corrected chi connectivity index (χ1v) is 6.81. The summed E-state index contributed by atoms with van der Waals surface area (Å²) in [5, 5.41) is -6.10. The third-order valence-corrected chi connectivity index (χ3v) is 3.60. The van der Waals surface area contributed by atoms with Crippen molar-refractivity contribution in [3.63, 3.8) is 0 Å². The maximum Gasteiger partial charge on any atom is 0.460 e. The van der Waals surface area contributed by atoms with Crippen molar-refractivity contribution >= 4 is 12.6 Å². The molecule has 0 rings (SSSR count). The van der Waals surface area contributed by atoms with Gasteiger partial charge in [-0.15, -0.1) is 12.6 Å². The molecule has 0 aliphatic rings. The zero-order valence-electron chi connectivity index (χ0n) is 13.1. The van der Waals surface area contributed by atoms with Crippen LogP contribution in [0.15, 0.2) is 0 Å². The molecule has 0 nitrogen and oxygen atoms in total. The fourth-order valence-electron chi connectivity index (χ4n) is 1.55. The molecule has 0 saturated carbocycles. The molecule has 1 unspecified atom stereocenters. The summed E-state index contributed by atoms with van der Waals surface area (Å²) in [5.74, 6) is -60.2. The van der Waals surface area contributed by atoms with E-state index in [2.05, 4.69) is 0 Å². The molecular weight excluding hydrogens is 532 g/mol. The largest absolute Gasteiger partial charge is 0.460 e. The van der Waals surface area contributed by atoms with Crippen LogP contribution in [0.5, 0.6) is 0 Å². The van der Waals surface area contributed by atoms with E-state index in [1.54, 1.807) is 12.6 Å². The van der Waals surface area contributed by atoms with E-state index < -0.39 is 59.1 Å². The first-order valence-electron chi connectivity index (χ1n) is 6.36. The molecule has 0 radical (unpaired) electrons. The van der Waals surface area contributed by atoms with Crippen LogP contribution >= 0.6 is 12.6 Å². The van der Waals surface area contributed by atoms with Gasteiger partial charge in [0.2, 0.25) is 6.17 Å². The van der Waals surface area contributed by atoms with Gasteiger partial charge in [-0.05, 0) is 0 Å². The van der Waals surface area contributed by atoms with Crippen LogP contribution in [0.25, 0.3) is 0 Å². The second-order valence-corrected chi connectivity index (χ2v) is 6.11. The van der Waals surface area contributed by atoms with Crippen molar-refractivity contribution in [1.82, 2.24) is 0 Å². The zero-order valence-corrected chi connectivity index (χ0v) is 14.0. The predicted octanol–water partition coefficient (Wildman–Crippen LogP) is 6.86. The number of hydrogen-bond donors (Lipinski definition) is 1. The van der Waals surface area contributed by atoms with E-state index >= 15 is 0 Å². The molecule has 31 heavy (non-hydrogen) atoms. The number of thiol groups is 1. The first-order chi connectivity index (χ1) is 12.9. The average molecular weight is 534 g/mol. The van der Waals surface area contributed by atoms with Crippen LogP contribution in [-0.2, 0) is 0 Å². The summed E-state index contributed by atoms with van der Waals surface area (Å²) in [4.78, 5) is 0. The highest BCUT2D eigenvalue weighted by Crippen LogP contribution is 2.64. The van der Waals surface area contributed by atoms with E-state index in [1.165, 1.54) is 0 Å². The smallest absolute Gasteiger partial charge is 0.233 e. The Labute approximate surface area is 160 Å². The molecule has 0 amide bonds. The summed E-state index contributed by atoms with van der Waals surface area (Å²) in [6, 6.07) is 0. The predicted molar refractivity (Wildman–Crippen MR) is 59.5 cm³/mol. The van der Waals surface area contributed by atoms with Crippen molar-refractivity contribution in [1.29, 1.82) is 0 Å². The Bertz CT molecular complexity index is 652. The molecule has 0 heterocycles. The summed E-state index contributed by atoms with van der Waals surface area (Å²) in [7, 11) is 0. The highest BCUT2D eigenvalue weighted by Gasteiger charge is 2.96. The topological polar surface area (TPSA) is 0 Å². The minimum absolute atomic E-state index is 1.57. The lowest BCUT2D eigenvalue weighted by atomic mass is 9.88. The van der Waals surface area contributed by atoms with Crippen molar-refractivity contribution in [2.45, 2.75) is 59.1 Å². The Morgan fingerprint density at radius 2 is 0.613 bits per heavy atom. The average Bonchev–Trinajstić information content (AvgIpc) is 2.50. The summed E-state index contributed by atoms with van der Waals surface area (Å²) in [6.07, 6.45) is -13.9. The van der Waals surface area contributed by atoms with Crippen molar-refractivity contribution in [2.24, 2.45) is 0 Å². The Hall–Kier alpha value is -1.05. The van der Waals surface area contributed by atoms with Crippen LogP contribution in [0.1, 0.15) is 0 Å². The van der Waals surface area contributed by atoms with E-state index in [9.17, 15) is 87.8 Å².